The molecule has 0 bridgehead atoms. The van der Waals surface area contributed by atoms with E-state index in [1.807, 2.05) is 6.07 Å². The van der Waals surface area contributed by atoms with Gasteiger partial charge in [-0.15, -0.1) is 0 Å². The summed E-state index contributed by atoms with van der Waals surface area (Å²) in [6, 6.07) is 5.42. The van der Waals surface area contributed by atoms with Crippen molar-refractivity contribution in [2.45, 2.75) is 13.0 Å². The maximum Gasteiger partial charge on any atom is 0.250 e. The number of nitrogens with one attached hydrogen (secondary N) is 1. The van der Waals surface area contributed by atoms with E-state index in [0.29, 0.717) is 11.6 Å². The molecule has 1 aromatic rings. The third-order valence-corrected chi connectivity index (χ3v) is 2.91. The molecule has 1 N–H and O–H groups in total. The van der Waals surface area contributed by atoms with E-state index >= 15 is 0 Å². The minimum atomic E-state index is -2.31. The number of hydrogen-bond acceptors (Lipinski definition) is 1. The smallest absolute Gasteiger partial charge is 0.250 e. The van der Waals surface area contributed by atoms with E-state index in [4.69, 9.17) is 11.6 Å². The van der Waals surface area contributed by atoms with Gasteiger partial charge in [0.2, 0.25) is 0 Å². The van der Waals surface area contributed by atoms with Crippen molar-refractivity contribution in [2.24, 2.45) is 0 Å². The molecule has 0 aliphatic rings. The van der Waals surface area contributed by atoms with Crippen molar-refractivity contribution in [2.75, 3.05) is 6.54 Å². The number of halogens is 4. The average molecular weight is 332 g/mol. The normalized spacial score (nSPS) is 10.9. The second-order valence-electron chi connectivity index (χ2n) is 2.76. The summed E-state index contributed by atoms with van der Waals surface area (Å²) in [5, 5.41) is 3.28. The molecule has 0 atom stereocenters. The van der Waals surface area contributed by atoms with Crippen LogP contribution in [0.4, 0.5) is 8.78 Å². The number of hydrogen-bond donors (Lipinski definition) is 1. The summed E-state index contributed by atoms with van der Waals surface area (Å²) in [5.41, 5.74) is 0.943. The summed E-state index contributed by atoms with van der Waals surface area (Å²) in [5.74, 6) is 0. The third kappa shape index (κ3) is 4.06. The van der Waals surface area contributed by atoms with Crippen molar-refractivity contribution in [3.8, 4) is 0 Å². The largest absolute Gasteiger partial charge is 0.307 e. The molecular weight excluding hydrogens is 322 g/mol. The van der Waals surface area contributed by atoms with Gasteiger partial charge in [-0.25, -0.2) is 8.78 Å². The Hall–Kier alpha value is 0.0600. The zero-order valence-corrected chi connectivity index (χ0v) is 10.1. The highest BCUT2D eigenvalue weighted by atomic mass is 127. The van der Waals surface area contributed by atoms with Crippen molar-refractivity contribution in [3.63, 3.8) is 0 Å². The van der Waals surface area contributed by atoms with E-state index in [9.17, 15) is 8.78 Å². The highest BCUT2D eigenvalue weighted by Gasteiger charge is 2.03. The lowest BCUT2D eigenvalue weighted by atomic mass is 10.2. The van der Waals surface area contributed by atoms with E-state index in [1.54, 1.807) is 12.1 Å². The summed E-state index contributed by atoms with van der Waals surface area (Å²) in [6.07, 6.45) is -2.31. The molecule has 0 amide bonds. The van der Waals surface area contributed by atoms with Crippen LogP contribution in [0.15, 0.2) is 18.2 Å². The molecule has 0 saturated heterocycles. The first-order valence-electron chi connectivity index (χ1n) is 4.02. The minimum absolute atomic E-state index is 0.289. The van der Waals surface area contributed by atoms with Gasteiger partial charge in [0.05, 0.1) is 6.54 Å². The fraction of sp³-hybridized carbons (Fsp3) is 0.333. The van der Waals surface area contributed by atoms with Gasteiger partial charge < -0.3 is 5.32 Å². The molecule has 5 heteroatoms. The maximum absolute atomic E-state index is 11.8. The van der Waals surface area contributed by atoms with Gasteiger partial charge in [-0.05, 0) is 46.4 Å². The van der Waals surface area contributed by atoms with Gasteiger partial charge in [-0.2, -0.15) is 0 Å². The summed E-state index contributed by atoms with van der Waals surface area (Å²) < 4.78 is 24.7. The third-order valence-electron chi connectivity index (χ3n) is 1.62. The molecule has 0 aromatic heterocycles. The van der Waals surface area contributed by atoms with Crippen LogP contribution in [0.5, 0.6) is 0 Å². The molecule has 1 nitrogen and oxygen atoms in total. The van der Waals surface area contributed by atoms with E-state index in [0.717, 1.165) is 9.13 Å². The fourth-order valence-electron chi connectivity index (χ4n) is 0.995. The molecule has 0 aliphatic heterocycles. The van der Waals surface area contributed by atoms with Crippen LogP contribution in [0.25, 0.3) is 0 Å². The minimum Gasteiger partial charge on any atom is -0.307 e. The van der Waals surface area contributed by atoms with Gasteiger partial charge in [0.15, 0.2) is 0 Å². The quantitative estimate of drug-likeness (QED) is 0.835. The first-order chi connectivity index (χ1) is 6.59. The van der Waals surface area contributed by atoms with Crippen LogP contribution in [-0.2, 0) is 6.54 Å². The highest BCUT2D eigenvalue weighted by Crippen LogP contribution is 2.17. The lowest BCUT2D eigenvalue weighted by Crippen LogP contribution is -2.21. The van der Waals surface area contributed by atoms with Gasteiger partial charge in [-0.1, -0.05) is 11.6 Å². The van der Waals surface area contributed by atoms with Gasteiger partial charge in [0.25, 0.3) is 6.43 Å². The topological polar surface area (TPSA) is 12.0 Å². The Balaban J connectivity index is 2.53. The number of benzene rings is 1. The first-order valence-corrected chi connectivity index (χ1v) is 5.48. The predicted molar refractivity (Wildman–Crippen MR) is 61.9 cm³/mol. The van der Waals surface area contributed by atoms with Gasteiger partial charge in [0, 0.05) is 15.1 Å². The second kappa shape index (κ2) is 5.82. The van der Waals surface area contributed by atoms with Crippen LogP contribution in [0, 0.1) is 3.57 Å². The zero-order valence-electron chi connectivity index (χ0n) is 7.24. The van der Waals surface area contributed by atoms with Crippen LogP contribution in [0.2, 0.25) is 5.02 Å². The maximum atomic E-state index is 11.8. The predicted octanol–water partition coefficient (Wildman–Crippen LogP) is 3.30. The summed E-state index contributed by atoms with van der Waals surface area (Å²) in [6.45, 7) is 0.131. The van der Waals surface area contributed by atoms with Crippen molar-refractivity contribution in [1.82, 2.24) is 5.32 Å². The fourth-order valence-corrected chi connectivity index (χ4v) is 1.72. The first kappa shape index (κ1) is 12.1. The number of rotatable bonds is 4. The molecule has 78 valence electrons. The molecule has 0 fully saturated rings. The van der Waals surface area contributed by atoms with E-state index in [2.05, 4.69) is 27.9 Å². The second-order valence-corrected chi connectivity index (χ2v) is 4.36. The molecule has 0 radical (unpaired) electrons. The Kier molecular flexibility index (Phi) is 5.05. The SMILES string of the molecule is FC(F)CNCc1cc(Cl)ccc1I. The molecule has 0 unspecified atom stereocenters. The Labute approximate surface area is 100.0 Å². The standard InChI is InChI=1S/C9H9ClF2IN/c10-7-1-2-8(13)6(3-7)4-14-5-9(11)12/h1-3,9,14H,4-5H2. The van der Waals surface area contributed by atoms with Gasteiger partial charge in [0.1, 0.15) is 0 Å². The van der Waals surface area contributed by atoms with Crippen molar-refractivity contribution in [3.05, 3.63) is 32.4 Å². The van der Waals surface area contributed by atoms with Crippen LogP contribution in [0.3, 0.4) is 0 Å². The lowest BCUT2D eigenvalue weighted by molar-refractivity contribution is 0.145. The van der Waals surface area contributed by atoms with Gasteiger partial charge >= 0.3 is 0 Å². The van der Waals surface area contributed by atoms with E-state index in [1.165, 1.54) is 0 Å². The Bertz CT molecular complexity index is 307. The monoisotopic (exact) mass is 331 g/mol. The van der Waals surface area contributed by atoms with Crippen LogP contribution < -0.4 is 5.32 Å². The average Bonchev–Trinajstić information content (AvgIpc) is 2.10. The summed E-state index contributed by atoms with van der Waals surface area (Å²) in [7, 11) is 0. The summed E-state index contributed by atoms with van der Waals surface area (Å²) in [4.78, 5) is 0. The zero-order chi connectivity index (χ0) is 10.6. The van der Waals surface area contributed by atoms with Crippen LogP contribution in [-0.4, -0.2) is 13.0 Å². The Morgan fingerprint density at radius 1 is 1.43 bits per heavy atom. The molecule has 0 saturated carbocycles. The molecular formula is C9H9ClF2IN. The van der Waals surface area contributed by atoms with E-state index in [-0.39, 0.29) is 6.54 Å². The lowest BCUT2D eigenvalue weighted by Gasteiger charge is -2.06. The number of alkyl halides is 2. The van der Waals surface area contributed by atoms with Crippen molar-refractivity contribution < 1.29 is 8.78 Å². The molecule has 0 aliphatic carbocycles. The Morgan fingerprint density at radius 3 is 2.79 bits per heavy atom. The molecule has 1 rings (SSSR count). The Morgan fingerprint density at radius 2 is 2.14 bits per heavy atom. The summed E-state index contributed by atoms with van der Waals surface area (Å²) >= 11 is 7.93. The molecule has 1 aromatic carbocycles. The van der Waals surface area contributed by atoms with Crippen molar-refractivity contribution >= 4 is 34.2 Å². The molecule has 0 heterocycles. The van der Waals surface area contributed by atoms with E-state index < -0.39 is 6.43 Å². The van der Waals surface area contributed by atoms with Crippen LogP contribution >= 0.6 is 34.2 Å². The highest BCUT2D eigenvalue weighted by molar-refractivity contribution is 14.1. The molecule has 0 spiro atoms. The van der Waals surface area contributed by atoms with Gasteiger partial charge in [-0.3, -0.25) is 0 Å². The van der Waals surface area contributed by atoms with Crippen LogP contribution in [0.1, 0.15) is 5.56 Å². The molecule has 14 heavy (non-hydrogen) atoms. The van der Waals surface area contributed by atoms with Crippen molar-refractivity contribution in [1.29, 1.82) is 0 Å².